The summed E-state index contributed by atoms with van der Waals surface area (Å²) in [5.41, 5.74) is 8.30. The largest absolute Gasteiger partial charge is 0.465 e. The fraction of sp³-hybridized carbons (Fsp3) is 0.316. The van der Waals surface area contributed by atoms with E-state index in [9.17, 15) is 9.90 Å². The van der Waals surface area contributed by atoms with Crippen LogP contribution in [0.15, 0.2) is 30.5 Å². The van der Waals surface area contributed by atoms with Crippen LogP contribution in [0.25, 0.3) is 6.08 Å². The maximum Gasteiger partial charge on any atom is 0.337 e. The van der Waals surface area contributed by atoms with Gasteiger partial charge < -0.3 is 30.5 Å². The highest BCUT2D eigenvalue weighted by Crippen LogP contribution is 2.33. The molecule has 2 aromatic rings. The van der Waals surface area contributed by atoms with E-state index in [0.717, 1.165) is 5.56 Å². The van der Waals surface area contributed by atoms with E-state index in [4.69, 9.17) is 15.2 Å². The van der Waals surface area contributed by atoms with Crippen LogP contribution in [-0.4, -0.2) is 53.3 Å². The minimum Gasteiger partial charge on any atom is -0.465 e. The second-order valence-electron chi connectivity index (χ2n) is 6.20. The molecule has 28 heavy (non-hydrogen) atoms. The van der Waals surface area contributed by atoms with Gasteiger partial charge in [0.1, 0.15) is 5.82 Å². The van der Waals surface area contributed by atoms with Gasteiger partial charge in [-0.25, -0.2) is 9.78 Å². The third-order valence-corrected chi connectivity index (χ3v) is 4.33. The van der Waals surface area contributed by atoms with Crippen molar-refractivity contribution in [2.24, 2.45) is 0 Å². The number of benzene rings is 1. The molecule has 2 heterocycles. The van der Waals surface area contributed by atoms with Crippen molar-refractivity contribution in [1.29, 1.82) is 0 Å². The molecule has 0 aliphatic carbocycles. The number of nitrogens with two attached hydrogens (primary N) is 1. The first-order chi connectivity index (χ1) is 13.5. The van der Waals surface area contributed by atoms with Crippen molar-refractivity contribution in [2.45, 2.75) is 12.8 Å². The minimum absolute atomic E-state index is 0.127. The summed E-state index contributed by atoms with van der Waals surface area (Å²) in [7, 11) is 2.95. The van der Waals surface area contributed by atoms with E-state index in [-0.39, 0.29) is 11.9 Å². The van der Waals surface area contributed by atoms with Crippen LogP contribution < -0.4 is 11.1 Å². The number of aromatic nitrogens is 2. The van der Waals surface area contributed by atoms with E-state index in [1.807, 2.05) is 12.1 Å². The summed E-state index contributed by atoms with van der Waals surface area (Å²) in [5, 5.41) is 14.0. The van der Waals surface area contributed by atoms with E-state index >= 15 is 0 Å². The van der Waals surface area contributed by atoms with Crippen LogP contribution in [-0.2, 0) is 16.0 Å². The Bertz CT molecular complexity index is 869. The van der Waals surface area contributed by atoms with Crippen molar-refractivity contribution in [3.63, 3.8) is 0 Å². The highest BCUT2D eigenvalue weighted by molar-refractivity contribution is 5.89. The zero-order valence-corrected chi connectivity index (χ0v) is 15.8. The maximum atomic E-state index is 11.6. The predicted molar refractivity (Wildman–Crippen MR) is 104 cm³/mol. The Morgan fingerprint density at radius 1 is 1.29 bits per heavy atom. The molecular formula is C19H23N5O4. The van der Waals surface area contributed by atoms with Crippen molar-refractivity contribution >= 4 is 23.8 Å². The molecule has 1 aliphatic rings. The van der Waals surface area contributed by atoms with Crippen LogP contribution in [0.4, 0.5) is 11.8 Å². The number of fused-ring (bicyclic) bond motifs is 1. The smallest absolute Gasteiger partial charge is 0.337 e. The van der Waals surface area contributed by atoms with Gasteiger partial charge in [-0.2, -0.15) is 4.98 Å². The number of aliphatic hydroxyl groups is 1. The topological polar surface area (TPSA) is 123 Å². The normalized spacial score (nSPS) is 15.2. The molecule has 0 saturated carbocycles. The van der Waals surface area contributed by atoms with E-state index in [1.54, 1.807) is 36.4 Å². The van der Waals surface area contributed by atoms with E-state index in [1.165, 1.54) is 7.11 Å². The Hall–Kier alpha value is -3.17. The van der Waals surface area contributed by atoms with Crippen LogP contribution in [0.1, 0.15) is 33.4 Å². The first kappa shape index (κ1) is 19.6. The van der Waals surface area contributed by atoms with Crippen molar-refractivity contribution < 1.29 is 19.4 Å². The Morgan fingerprint density at radius 3 is 2.71 bits per heavy atom. The maximum absolute atomic E-state index is 11.6. The van der Waals surface area contributed by atoms with Gasteiger partial charge in [-0.05, 0) is 23.8 Å². The van der Waals surface area contributed by atoms with Gasteiger partial charge in [0.2, 0.25) is 5.95 Å². The quantitative estimate of drug-likeness (QED) is 0.479. The number of carbonyl (C=O) groups excluding carboxylic acids is 1. The molecular weight excluding hydrogens is 362 g/mol. The molecule has 9 nitrogen and oxygen atoms in total. The van der Waals surface area contributed by atoms with Crippen LogP contribution in [0.2, 0.25) is 0 Å². The first-order valence-corrected chi connectivity index (χ1v) is 8.73. The second-order valence-corrected chi connectivity index (χ2v) is 6.20. The first-order valence-electron chi connectivity index (χ1n) is 8.73. The standard InChI is InChI=1S/C19H23N5O4/c1-27-10-8-21-16-15-14(22-19(20)23-16)7-9-24(17(15)25)11-12-3-5-13(6-4-12)18(26)28-2/h3-7,9,17,25H,8,10-11H2,1-2H3,(H3,20,21,22,23). The third kappa shape index (κ3) is 4.21. The number of esters is 1. The summed E-state index contributed by atoms with van der Waals surface area (Å²) in [4.78, 5) is 21.7. The molecule has 1 aliphatic heterocycles. The Labute approximate surface area is 162 Å². The molecule has 0 spiro atoms. The number of hydrogen-bond donors (Lipinski definition) is 3. The molecule has 1 atom stereocenters. The molecule has 0 radical (unpaired) electrons. The summed E-state index contributed by atoms with van der Waals surface area (Å²) in [5.74, 6) is 0.213. The molecule has 1 aromatic heterocycles. The fourth-order valence-electron chi connectivity index (χ4n) is 2.92. The van der Waals surface area contributed by atoms with Crippen molar-refractivity contribution in [2.75, 3.05) is 38.4 Å². The van der Waals surface area contributed by atoms with Gasteiger partial charge >= 0.3 is 5.97 Å². The van der Waals surface area contributed by atoms with Gasteiger partial charge in [0.15, 0.2) is 6.23 Å². The molecule has 0 bridgehead atoms. The molecule has 1 aromatic carbocycles. The predicted octanol–water partition coefficient (Wildman–Crippen LogP) is 1.38. The SMILES string of the molecule is COCCNc1nc(N)nc2c1C(O)N(Cc1ccc(C(=O)OC)cc1)C=C2. The summed E-state index contributed by atoms with van der Waals surface area (Å²) >= 11 is 0. The second kappa shape index (κ2) is 8.68. The van der Waals surface area contributed by atoms with Crippen LogP contribution >= 0.6 is 0 Å². The fourth-order valence-corrected chi connectivity index (χ4v) is 2.92. The number of aliphatic hydroxyl groups excluding tert-OH is 1. The number of hydrogen-bond acceptors (Lipinski definition) is 9. The monoisotopic (exact) mass is 385 g/mol. The Kier molecular flexibility index (Phi) is 6.07. The van der Waals surface area contributed by atoms with Gasteiger partial charge in [0.05, 0.1) is 30.5 Å². The lowest BCUT2D eigenvalue weighted by atomic mass is 10.1. The summed E-state index contributed by atoms with van der Waals surface area (Å²) < 4.78 is 9.75. The van der Waals surface area contributed by atoms with Crippen molar-refractivity contribution in [3.05, 3.63) is 52.8 Å². The summed E-state index contributed by atoms with van der Waals surface area (Å²) in [6, 6.07) is 7.02. The van der Waals surface area contributed by atoms with Crippen LogP contribution in [0.5, 0.6) is 0 Å². The molecule has 1 unspecified atom stereocenters. The zero-order valence-electron chi connectivity index (χ0n) is 15.8. The lowest BCUT2D eigenvalue weighted by molar-refractivity contribution is 0.0295. The molecule has 9 heteroatoms. The number of nitrogen functional groups attached to an aromatic ring is 1. The van der Waals surface area contributed by atoms with Crippen LogP contribution in [0, 0.1) is 0 Å². The lowest BCUT2D eigenvalue weighted by Gasteiger charge is -2.32. The minimum atomic E-state index is -0.953. The average Bonchev–Trinajstić information content (AvgIpc) is 2.70. The van der Waals surface area contributed by atoms with Gasteiger partial charge in [0.25, 0.3) is 0 Å². The van der Waals surface area contributed by atoms with E-state index < -0.39 is 6.23 Å². The average molecular weight is 385 g/mol. The molecule has 148 valence electrons. The molecule has 0 saturated heterocycles. The Balaban J connectivity index is 1.80. The third-order valence-electron chi connectivity index (χ3n) is 4.33. The van der Waals surface area contributed by atoms with Gasteiger partial charge in [0, 0.05) is 26.4 Å². The number of anilines is 2. The highest BCUT2D eigenvalue weighted by atomic mass is 16.5. The Morgan fingerprint density at radius 2 is 2.04 bits per heavy atom. The number of rotatable bonds is 7. The summed E-state index contributed by atoms with van der Waals surface area (Å²) in [6.07, 6.45) is 2.59. The van der Waals surface area contributed by atoms with Crippen LogP contribution in [0.3, 0.4) is 0 Å². The molecule has 0 fully saturated rings. The van der Waals surface area contributed by atoms with E-state index in [0.29, 0.717) is 42.3 Å². The number of nitrogens with one attached hydrogen (secondary N) is 1. The van der Waals surface area contributed by atoms with Gasteiger partial charge in [-0.3, -0.25) is 0 Å². The van der Waals surface area contributed by atoms with Gasteiger partial charge in [-0.15, -0.1) is 0 Å². The highest BCUT2D eigenvalue weighted by Gasteiger charge is 2.27. The molecule has 4 N–H and O–H groups in total. The molecule has 3 rings (SSSR count). The van der Waals surface area contributed by atoms with Gasteiger partial charge in [-0.1, -0.05) is 12.1 Å². The van der Waals surface area contributed by atoms with Crippen molar-refractivity contribution in [3.8, 4) is 0 Å². The number of carbonyl (C=O) groups is 1. The number of methoxy groups -OCH3 is 2. The molecule has 0 amide bonds. The number of nitrogens with zero attached hydrogens (tertiary/aromatic N) is 3. The number of ether oxygens (including phenoxy) is 2. The summed E-state index contributed by atoms with van der Waals surface area (Å²) in [6.45, 7) is 1.44. The van der Waals surface area contributed by atoms with Crippen molar-refractivity contribution in [1.82, 2.24) is 14.9 Å². The lowest BCUT2D eigenvalue weighted by Crippen LogP contribution is -2.28. The van der Waals surface area contributed by atoms with E-state index in [2.05, 4.69) is 15.3 Å². The zero-order chi connectivity index (χ0) is 20.1.